The lowest BCUT2D eigenvalue weighted by Crippen LogP contribution is -1.99. The van der Waals surface area contributed by atoms with E-state index in [1.54, 1.807) is 0 Å². The molecule has 0 unspecified atom stereocenters. The van der Waals surface area contributed by atoms with Gasteiger partial charge < -0.3 is 0 Å². The first-order valence-electron chi connectivity index (χ1n) is 12.2. The van der Waals surface area contributed by atoms with Crippen molar-refractivity contribution in [2.75, 3.05) is 0 Å². The van der Waals surface area contributed by atoms with Gasteiger partial charge in [0.1, 0.15) is 5.82 Å². The number of pyridine rings is 4. The molecule has 0 bridgehead atoms. The molecule has 7 rings (SSSR count). The standard InChI is InChI=1S/C32H21N5/c1-2-16-29-24(11-1)32-30(17-8-20-34-32)37(29)31-18-7-15-28(36-31)27-14-6-13-26(35-27)23-10-5-9-22(21-23)25-12-3-4-19-33-25/h1-21H. The Bertz CT molecular complexity index is 1840. The maximum atomic E-state index is 5.05. The number of rotatable bonds is 4. The maximum absolute atomic E-state index is 5.05. The average molecular weight is 476 g/mol. The van der Waals surface area contributed by atoms with Crippen molar-refractivity contribution >= 4 is 21.9 Å². The lowest BCUT2D eigenvalue weighted by molar-refractivity contribution is 1.08. The van der Waals surface area contributed by atoms with Crippen LogP contribution < -0.4 is 0 Å². The van der Waals surface area contributed by atoms with Crippen LogP contribution >= 0.6 is 0 Å². The number of nitrogens with zero attached hydrogens (tertiary/aromatic N) is 5. The minimum atomic E-state index is 0.815. The van der Waals surface area contributed by atoms with E-state index in [0.29, 0.717) is 0 Å². The zero-order chi connectivity index (χ0) is 24.6. The van der Waals surface area contributed by atoms with E-state index in [9.17, 15) is 0 Å². The predicted molar refractivity (Wildman–Crippen MR) is 148 cm³/mol. The van der Waals surface area contributed by atoms with Gasteiger partial charge in [0.15, 0.2) is 0 Å². The average Bonchev–Trinajstić information content (AvgIpc) is 3.32. The van der Waals surface area contributed by atoms with Crippen molar-refractivity contribution in [1.82, 2.24) is 24.5 Å². The molecule has 0 atom stereocenters. The molecule has 5 aromatic heterocycles. The van der Waals surface area contributed by atoms with Gasteiger partial charge in [0.05, 0.1) is 39.3 Å². The second-order valence-corrected chi connectivity index (χ2v) is 8.81. The van der Waals surface area contributed by atoms with Crippen LogP contribution in [0.3, 0.4) is 0 Å². The van der Waals surface area contributed by atoms with Crippen LogP contribution in [0.15, 0.2) is 128 Å². The van der Waals surface area contributed by atoms with Crippen molar-refractivity contribution in [3.8, 4) is 39.7 Å². The fourth-order valence-corrected chi connectivity index (χ4v) is 4.83. The van der Waals surface area contributed by atoms with Crippen LogP contribution in [0, 0.1) is 0 Å². The molecule has 0 aliphatic carbocycles. The lowest BCUT2D eigenvalue weighted by Gasteiger charge is -2.10. The van der Waals surface area contributed by atoms with Crippen molar-refractivity contribution in [2.24, 2.45) is 0 Å². The van der Waals surface area contributed by atoms with E-state index in [1.807, 2.05) is 91.3 Å². The highest BCUT2D eigenvalue weighted by molar-refractivity contribution is 6.06. The molecule has 5 nitrogen and oxygen atoms in total. The minimum absolute atomic E-state index is 0.815. The molecule has 7 aromatic rings. The largest absolute Gasteiger partial charge is 0.292 e. The number of para-hydroxylation sites is 1. The Kier molecular flexibility index (Phi) is 5.03. The van der Waals surface area contributed by atoms with E-state index in [4.69, 9.17) is 9.97 Å². The molecule has 0 N–H and O–H groups in total. The summed E-state index contributed by atoms with van der Waals surface area (Å²) in [6, 6.07) is 38.8. The molecule has 0 aliphatic heterocycles. The summed E-state index contributed by atoms with van der Waals surface area (Å²) in [6.45, 7) is 0. The summed E-state index contributed by atoms with van der Waals surface area (Å²) in [6.07, 6.45) is 3.65. The summed E-state index contributed by atoms with van der Waals surface area (Å²) < 4.78 is 2.17. The zero-order valence-corrected chi connectivity index (χ0v) is 19.9. The van der Waals surface area contributed by atoms with Gasteiger partial charge in [0, 0.05) is 28.9 Å². The summed E-state index contributed by atoms with van der Waals surface area (Å²) >= 11 is 0. The van der Waals surface area contributed by atoms with E-state index < -0.39 is 0 Å². The summed E-state index contributed by atoms with van der Waals surface area (Å²) in [5.74, 6) is 0.834. The number of fused-ring (bicyclic) bond motifs is 3. The molecule has 37 heavy (non-hydrogen) atoms. The minimum Gasteiger partial charge on any atom is -0.292 e. The zero-order valence-electron chi connectivity index (χ0n) is 19.9. The SMILES string of the molecule is c1ccc(-c2cccc(-c3cccc(-c4cccc(-n5c6ccccc6c6ncccc65)n4)n3)c2)nc1. The molecule has 0 spiro atoms. The lowest BCUT2D eigenvalue weighted by atomic mass is 10.0. The summed E-state index contributed by atoms with van der Waals surface area (Å²) in [4.78, 5) is 19.2. The van der Waals surface area contributed by atoms with Crippen molar-refractivity contribution in [1.29, 1.82) is 0 Å². The van der Waals surface area contributed by atoms with Gasteiger partial charge in [-0.15, -0.1) is 0 Å². The molecule has 0 fully saturated rings. The van der Waals surface area contributed by atoms with Crippen LogP contribution in [-0.2, 0) is 0 Å². The molecule has 0 saturated heterocycles. The molecule has 0 radical (unpaired) electrons. The number of aromatic nitrogens is 5. The normalized spacial score (nSPS) is 11.2. The van der Waals surface area contributed by atoms with Gasteiger partial charge in [-0.05, 0) is 60.7 Å². The van der Waals surface area contributed by atoms with Gasteiger partial charge in [0.2, 0.25) is 0 Å². The number of hydrogen-bond acceptors (Lipinski definition) is 4. The summed E-state index contributed by atoms with van der Waals surface area (Å²) in [5, 5.41) is 1.11. The van der Waals surface area contributed by atoms with Crippen LogP contribution in [-0.4, -0.2) is 24.5 Å². The quantitative estimate of drug-likeness (QED) is 0.267. The van der Waals surface area contributed by atoms with Gasteiger partial charge in [0.25, 0.3) is 0 Å². The molecule has 5 heterocycles. The topological polar surface area (TPSA) is 56.5 Å². The number of hydrogen-bond donors (Lipinski definition) is 0. The van der Waals surface area contributed by atoms with Gasteiger partial charge in [-0.1, -0.05) is 54.6 Å². The molecule has 0 amide bonds. The molecule has 0 aliphatic rings. The Morgan fingerprint density at radius 1 is 0.459 bits per heavy atom. The Labute approximate surface area is 213 Å². The van der Waals surface area contributed by atoms with Crippen LogP contribution in [0.25, 0.3) is 61.7 Å². The molecule has 174 valence electrons. The Morgan fingerprint density at radius 3 is 2.03 bits per heavy atom. The van der Waals surface area contributed by atoms with E-state index >= 15 is 0 Å². The Morgan fingerprint density at radius 2 is 1.14 bits per heavy atom. The first kappa shape index (κ1) is 21.1. The molecule has 5 heteroatoms. The molecular formula is C32H21N5. The van der Waals surface area contributed by atoms with Crippen molar-refractivity contribution in [3.63, 3.8) is 0 Å². The second kappa shape index (κ2) is 8.81. The molecule has 2 aromatic carbocycles. The first-order chi connectivity index (χ1) is 18.3. The smallest absolute Gasteiger partial charge is 0.138 e. The Hall–Kier alpha value is -5.16. The monoisotopic (exact) mass is 475 g/mol. The van der Waals surface area contributed by atoms with Gasteiger partial charge in [-0.25, -0.2) is 9.97 Å². The summed E-state index contributed by atoms with van der Waals surface area (Å²) in [7, 11) is 0. The fraction of sp³-hybridized carbons (Fsp3) is 0. The third kappa shape index (κ3) is 3.74. The van der Waals surface area contributed by atoms with Crippen LogP contribution in [0.4, 0.5) is 0 Å². The molecular weight excluding hydrogens is 454 g/mol. The second-order valence-electron chi connectivity index (χ2n) is 8.81. The van der Waals surface area contributed by atoms with Crippen LogP contribution in [0.5, 0.6) is 0 Å². The number of benzene rings is 2. The third-order valence-electron chi connectivity index (χ3n) is 6.52. The van der Waals surface area contributed by atoms with Crippen LogP contribution in [0.2, 0.25) is 0 Å². The highest BCUT2D eigenvalue weighted by Crippen LogP contribution is 2.31. The van der Waals surface area contributed by atoms with Crippen molar-refractivity contribution in [3.05, 3.63) is 128 Å². The molecule has 0 saturated carbocycles. The van der Waals surface area contributed by atoms with E-state index in [2.05, 4.69) is 50.9 Å². The van der Waals surface area contributed by atoms with Gasteiger partial charge >= 0.3 is 0 Å². The highest BCUT2D eigenvalue weighted by Gasteiger charge is 2.14. The Balaban J connectivity index is 1.32. The predicted octanol–water partition coefficient (Wildman–Crippen LogP) is 7.36. The van der Waals surface area contributed by atoms with Gasteiger partial charge in [-0.3, -0.25) is 14.5 Å². The van der Waals surface area contributed by atoms with E-state index in [-0.39, 0.29) is 0 Å². The first-order valence-corrected chi connectivity index (χ1v) is 12.2. The van der Waals surface area contributed by atoms with E-state index in [1.165, 1.54) is 0 Å². The third-order valence-corrected chi connectivity index (χ3v) is 6.52. The van der Waals surface area contributed by atoms with Crippen molar-refractivity contribution < 1.29 is 0 Å². The van der Waals surface area contributed by atoms with Gasteiger partial charge in [-0.2, -0.15) is 0 Å². The van der Waals surface area contributed by atoms with E-state index in [0.717, 1.165) is 61.7 Å². The highest BCUT2D eigenvalue weighted by atomic mass is 15.1. The van der Waals surface area contributed by atoms with Crippen molar-refractivity contribution in [2.45, 2.75) is 0 Å². The van der Waals surface area contributed by atoms with Crippen LogP contribution in [0.1, 0.15) is 0 Å². The summed E-state index contributed by atoms with van der Waals surface area (Å²) in [5.41, 5.74) is 8.64. The maximum Gasteiger partial charge on any atom is 0.138 e. The fourth-order valence-electron chi connectivity index (χ4n) is 4.83.